The molecule has 0 bridgehead atoms. The number of methoxy groups -OCH3 is 1. The molecular weight excluding hydrogens is 307 g/mol. The van der Waals surface area contributed by atoms with Gasteiger partial charge < -0.3 is 15.4 Å². The first-order chi connectivity index (χ1) is 11.6. The van der Waals surface area contributed by atoms with E-state index in [-0.39, 0.29) is 11.8 Å². The van der Waals surface area contributed by atoms with Crippen molar-refractivity contribution in [2.45, 2.75) is 31.2 Å². The number of rotatable bonds is 4. The molecule has 0 atom stereocenters. The fourth-order valence-corrected chi connectivity index (χ4v) is 3.31. The van der Waals surface area contributed by atoms with Crippen LogP contribution in [0.4, 0.5) is 14.9 Å². The number of anilines is 1. The Labute approximate surface area is 141 Å². The lowest BCUT2D eigenvalue weighted by molar-refractivity contribution is 0.236. The summed E-state index contributed by atoms with van der Waals surface area (Å²) in [5, 5.41) is 5.95. The van der Waals surface area contributed by atoms with Crippen LogP contribution in [0.2, 0.25) is 0 Å². The number of ether oxygens (including phenoxy) is 1. The maximum absolute atomic E-state index is 13.2. The molecule has 0 heterocycles. The highest BCUT2D eigenvalue weighted by molar-refractivity contribution is 5.90. The topological polar surface area (TPSA) is 50.4 Å². The van der Waals surface area contributed by atoms with Crippen molar-refractivity contribution in [1.82, 2.24) is 5.32 Å². The molecule has 1 aliphatic rings. The molecule has 2 aromatic rings. The van der Waals surface area contributed by atoms with Crippen LogP contribution >= 0.6 is 0 Å². The smallest absolute Gasteiger partial charge is 0.319 e. The minimum atomic E-state index is -0.434. The molecule has 2 N–H and O–H groups in total. The second-order valence-electron chi connectivity index (χ2n) is 6.11. The number of hydrogen-bond donors (Lipinski definition) is 2. The second-order valence-corrected chi connectivity index (χ2v) is 6.11. The number of carbonyl (C=O) groups is 1. The number of halogens is 1. The zero-order valence-electron chi connectivity index (χ0n) is 13.6. The van der Waals surface area contributed by atoms with E-state index < -0.39 is 5.54 Å². The Morgan fingerprint density at radius 2 is 1.83 bits per heavy atom. The summed E-state index contributed by atoms with van der Waals surface area (Å²) in [6.45, 7) is 0. The summed E-state index contributed by atoms with van der Waals surface area (Å²) in [6.07, 6.45) is 3.78. The van der Waals surface area contributed by atoms with E-state index in [1.807, 2.05) is 12.1 Å². The van der Waals surface area contributed by atoms with Gasteiger partial charge in [-0.3, -0.25) is 0 Å². The van der Waals surface area contributed by atoms with Gasteiger partial charge in [0.15, 0.2) is 0 Å². The molecule has 0 radical (unpaired) electrons. The molecule has 126 valence electrons. The van der Waals surface area contributed by atoms with Crippen molar-refractivity contribution in [3.63, 3.8) is 0 Å². The average molecular weight is 328 g/mol. The largest absolute Gasteiger partial charge is 0.497 e. The van der Waals surface area contributed by atoms with Gasteiger partial charge in [0.05, 0.1) is 12.6 Å². The highest BCUT2D eigenvalue weighted by Crippen LogP contribution is 2.38. The maximum Gasteiger partial charge on any atom is 0.319 e. The third-order valence-electron chi connectivity index (χ3n) is 4.53. The van der Waals surface area contributed by atoms with Gasteiger partial charge in [0.2, 0.25) is 0 Å². The van der Waals surface area contributed by atoms with Crippen LogP contribution in [0.25, 0.3) is 0 Å². The van der Waals surface area contributed by atoms with Crippen molar-refractivity contribution < 1.29 is 13.9 Å². The summed E-state index contributed by atoms with van der Waals surface area (Å²) in [6, 6.07) is 13.3. The SMILES string of the molecule is COc1cccc(NC(=O)NC2(c3ccc(F)cc3)CCCC2)c1. The number of amides is 2. The Hall–Kier alpha value is -2.56. The third-order valence-corrected chi connectivity index (χ3v) is 4.53. The van der Waals surface area contributed by atoms with Crippen LogP contribution in [-0.2, 0) is 5.54 Å². The lowest BCUT2D eigenvalue weighted by Gasteiger charge is -2.31. The monoisotopic (exact) mass is 328 g/mol. The van der Waals surface area contributed by atoms with Gasteiger partial charge in [-0.15, -0.1) is 0 Å². The molecule has 0 spiro atoms. The van der Waals surface area contributed by atoms with Gasteiger partial charge >= 0.3 is 6.03 Å². The van der Waals surface area contributed by atoms with Gasteiger partial charge in [-0.2, -0.15) is 0 Å². The summed E-state index contributed by atoms with van der Waals surface area (Å²) in [5.41, 5.74) is 1.18. The molecule has 1 fully saturated rings. The number of hydrogen-bond acceptors (Lipinski definition) is 2. The number of benzene rings is 2. The van der Waals surface area contributed by atoms with Crippen molar-refractivity contribution >= 4 is 11.7 Å². The second kappa shape index (κ2) is 6.91. The van der Waals surface area contributed by atoms with E-state index in [1.54, 1.807) is 31.4 Å². The number of nitrogens with one attached hydrogen (secondary N) is 2. The zero-order valence-corrected chi connectivity index (χ0v) is 13.6. The first-order valence-electron chi connectivity index (χ1n) is 8.11. The van der Waals surface area contributed by atoms with Crippen LogP contribution in [0, 0.1) is 5.82 Å². The van der Waals surface area contributed by atoms with Gasteiger partial charge in [-0.05, 0) is 42.7 Å². The summed E-state index contributed by atoms with van der Waals surface area (Å²) in [7, 11) is 1.58. The summed E-state index contributed by atoms with van der Waals surface area (Å²) < 4.78 is 18.4. The number of carbonyl (C=O) groups excluding carboxylic acids is 1. The van der Waals surface area contributed by atoms with Crippen molar-refractivity contribution in [3.05, 3.63) is 59.9 Å². The Morgan fingerprint density at radius 1 is 1.12 bits per heavy atom. The predicted molar refractivity (Wildman–Crippen MR) is 91.7 cm³/mol. The van der Waals surface area contributed by atoms with E-state index in [9.17, 15) is 9.18 Å². The quantitative estimate of drug-likeness (QED) is 0.872. The highest BCUT2D eigenvalue weighted by atomic mass is 19.1. The van der Waals surface area contributed by atoms with Crippen molar-refractivity contribution in [3.8, 4) is 5.75 Å². The Balaban J connectivity index is 1.75. The molecule has 0 unspecified atom stereocenters. The summed E-state index contributed by atoms with van der Waals surface area (Å²) >= 11 is 0. The maximum atomic E-state index is 13.2. The third kappa shape index (κ3) is 3.50. The van der Waals surface area contributed by atoms with E-state index in [0.717, 1.165) is 31.2 Å². The molecule has 0 saturated heterocycles. The lowest BCUT2D eigenvalue weighted by atomic mass is 9.88. The molecule has 0 aromatic heterocycles. The van der Waals surface area contributed by atoms with Crippen LogP contribution < -0.4 is 15.4 Å². The molecule has 0 aliphatic heterocycles. The van der Waals surface area contributed by atoms with Gasteiger partial charge in [-0.25, -0.2) is 9.18 Å². The minimum Gasteiger partial charge on any atom is -0.497 e. The highest BCUT2D eigenvalue weighted by Gasteiger charge is 2.37. The summed E-state index contributed by atoms with van der Waals surface area (Å²) in [4.78, 5) is 12.5. The number of urea groups is 1. The van der Waals surface area contributed by atoms with Gasteiger partial charge in [0.1, 0.15) is 11.6 Å². The zero-order chi connectivity index (χ0) is 17.0. The molecule has 3 rings (SSSR count). The van der Waals surface area contributed by atoms with Crippen LogP contribution in [0.1, 0.15) is 31.2 Å². The summed E-state index contributed by atoms with van der Waals surface area (Å²) in [5.74, 6) is 0.412. The van der Waals surface area contributed by atoms with Gasteiger partial charge in [-0.1, -0.05) is 31.0 Å². The molecule has 1 aliphatic carbocycles. The predicted octanol–water partition coefficient (Wildman–Crippen LogP) is 4.43. The molecule has 2 amide bonds. The van der Waals surface area contributed by atoms with E-state index in [1.165, 1.54) is 12.1 Å². The van der Waals surface area contributed by atoms with E-state index >= 15 is 0 Å². The lowest BCUT2D eigenvalue weighted by Crippen LogP contribution is -2.45. The van der Waals surface area contributed by atoms with Crippen molar-refractivity contribution in [2.75, 3.05) is 12.4 Å². The molecule has 2 aromatic carbocycles. The van der Waals surface area contributed by atoms with E-state index in [2.05, 4.69) is 10.6 Å². The Kier molecular flexibility index (Phi) is 4.69. The fraction of sp³-hybridized carbons (Fsp3) is 0.316. The van der Waals surface area contributed by atoms with Crippen LogP contribution in [0.15, 0.2) is 48.5 Å². The Bertz CT molecular complexity index is 710. The minimum absolute atomic E-state index is 0.269. The first kappa shape index (κ1) is 16.3. The Morgan fingerprint density at radius 3 is 2.50 bits per heavy atom. The molecule has 5 heteroatoms. The first-order valence-corrected chi connectivity index (χ1v) is 8.11. The van der Waals surface area contributed by atoms with E-state index in [4.69, 9.17) is 4.74 Å². The van der Waals surface area contributed by atoms with E-state index in [0.29, 0.717) is 11.4 Å². The van der Waals surface area contributed by atoms with Gasteiger partial charge in [0.25, 0.3) is 0 Å². The fourth-order valence-electron chi connectivity index (χ4n) is 3.31. The van der Waals surface area contributed by atoms with Crippen LogP contribution in [0.3, 0.4) is 0 Å². The van der Waals surface area contributed by atoms with Gasteiger partial charge in [0, 0.05) is 11.8 Å². The molecule has 4 nitrogen and oxygen atoms in total. The van der Waals surface area contributed by atoms with Crippen molar-refractivity contribution in [2.24, 2.45) is 0 Å². The molecule has 1 saturated carbocycles. The normalized spacial score (nSPS) is 15.8. The van der Waals surface area contributed by atoms with Crippen molar-refractivity contribution in [1.29, 1.82) is 0 Å². The van der Waals surface area contributed by atoms with Crippen LogP contribution in [0.5, 0.6) is 5.75 Å². The molecular formula is C19H21FN2O2. The average Bonchev–Trinajstić information content (AvgIpc) is 3.05. The van der Waals surface area contributed by atoms with Crippen LogP contribution in [-0.4, -0.2) is 13.1 Å². The molecule has 24 heavy (non-hydrogen) atoms. The standard InChI is InChI=1S/C19H21FN2O2/c1-24-17-6-4-5-16(13-17)21-18(23)22-19(11-2-3-12-19)14-7-9-15(20)10-8-14/h4-10,13H,2-3,11-12H2,1H3,(H2,21,22,23).